The Kier molecular flexibility index (Phi) is 4.50. The van der Waals surface area contributed by atoms with Crippen molar-refractivity contribution in [3.63, 3.8) is 0 Å². The van der Waals surface area contributed by atoms with Crippen LogP contribution in [0.25, 0.3) is 0 Å². The summed E-state index contributed by atoms with van der Waals surface area (Å²) >= 11 is 6.93. The zero-order valence-corrected chi connectivity index (χ0v) is 14.3. The molecule has 3 rings (SSSR count). The smallest absolute Gasteiger partial charge is 0.137 e. The molecule has 0 aliphatic carbocycles. The van der Waals surface area contributed by atoms with E-state index in [4.69, 9.17) is 9.47 Å². The second-order valence-electron chi connectivity index (χ2n) is 4.89. The van der Waals surface area contributed by atoms with Crippen molar-refractivity contribution in [1.29, 1.82) is 0 Å². The van der Waals surface area contributed by atoms with Gasteiger partial charge < -0.3 is 9.47 Å². The lowest BCUT2D eigenvalue weighted by Crippen LogP contribution is -2.22. The van der Waals surface area contributed by atoms with Gasteiger partial charge >= 0.3 is 0 Å². The molecule has 110 valence electrons. The van der Waals surface area contributed by atoms with Crippen molar-refractivity contribution in [2.24, 2.45) is 0 Å². The predicted molar refractivity (Wildman–Crippen MR) is 86.8 cm³/mol. The van der Waals surface area contributed by atoms with Gasteiger partial charge in [0.2, 0.25) is 0 Å². The molecule has 1 heterocycles. The first-order chi connectivity index (χ1) is 10.2. The summed E-state index contributed by atoms with van der Waals surface area (Å²) in [6.45, 7) is 0.444. The van der Waals surface area contributed by atoms with Gasteiger partial charge in [-0.3, -0.25) is 0 Å². The Morgan fingerprint density at radius 1 is 1.24 bits per heavy atom. The van der Waals surface area contributed by atoms with Crippen molar-refractivity contribution in [2.75, 3.05) is 6.61 Å². The molecule has 0 saturated heterocycles. The molecular formula is C16H13Br2FO2. The van der Waals surface area contributed by atoms with Crippen LogP contribution in [0.4, 0.5) is 4.39 Å². The van der Waals surface area contributed by atoms with Gasteiger partial charge in [-0.25, -0.2) is 4.39 Å². The molecule has 2 aromatic rings. The highest BCUT2D eigenvalue weighted by Crippen LogP contribution is 2.30. The maximum absolute atomic E-state index is 13.2. The van der Waals surface area contributed by atoms with Gasteiger partial charge in [0.25, 0.3) is 0 Å². The lowest BCUT2D eigenvalue weighted by Gasteiger charge is -2.13. The Hall–Kier alpha value is -1.07. The van der Waals surface area contributed by atoms with Crippen LogP contribution in [0, 0.1) is 5.82 Å². The third kappa shape index (κ3) is 3.40. The molecule has 0 amide bonds. The van der Waals surface area contributed by atoms with Gasteiger partial charge in [-0.15, -0.1) is 0 Å². The van der Waals surface area contributed by atoms with E-state index in [2.05, 4.69) is 31.9 Å². The molecule has 2 aromatic carbocycles. The first kappa shape index (κ1) is 14.9. The van der Waals surface area contributed by atoms with Crippen molar-refractivity contribution >= 4 is 31.9 Å². The fourth-order valence-corrected chi connectivity index (χ4v) is 3.54. The summed E-state index contributed by atoms with van der Waals surface area (Å²) in [6, 6.07) is 10.5. The summed E-state index contributed by atoms with van der Waals surface area (Å²) in [5, 5.41) is 0.759. The topological polar surface area (TPSA) is 18.5 Å². The average molecular weight is 416 g/mol. The van der Waals surface area contributed by atoms with Crippen molar-refractivity contribution < 1.29 is 13.9 Å². The summed E-state index contributed by atoms with van der Waals surface area (Å²) in [7, 11) is 0. The molecule has 0 N–H and O–H groups in total. The molecule has 0 saturated carbocycles. The van der Waals surface area contributed by atoms with E-state index >= 15 is 0 Å². The number of hydrogen-bond acceptors (Lipinski definition) is 2. The SMILES string of the molecule is Fc1ccc2c(c1)CC(COc1ccc(Br)c(CBr)c1)O2. The molecule has 1 aliphatic heterocycles. The maximum Gasteiger partial charge on any atom is 0.137 e. The van der Waals surface area contributed by atoms with Crippen LogP contribution in [0.5, 0.6) is 11.5 Å². The van der Waals surface area contributed by atoms with E-state index in [1.54, 1.807) is 6.07 Å². The Balaban J connectivity index is 1.62. The van der Waals surface area contributed by atoms with Crippen LogP contribution >= 0.6 is 31.9 Å². The van der Waals surface area contributed by atoms with E-state index in [1.165, 1.54) is 12.1 Å². The number of halogens is 3. The highest BCUT2D eigenvalue weighted by atomic mass is 79.9. The minimum Gasteiger partial charge on any atom is -0.490 e. The van der Waals surface area contributed by atoms with E-state index < -0.39 is 0 Å². The zero-order valence-electron chi connectivity index (χ0n) is 11.1. The highest BCUT2D eigenvalue weighted by molar-refractivity contribution is 9.10. The molecule has 21 heavy (non-hydrogen) atoms. The molecule has 0 spiro atoms. The van der Waals surface area contributed by atoms with Crippen LogP contribution in [0.2, 0.25) is 0 Å². The normalized spacial score (nSPS) is 16.4. The molecule has 0 bridgehead atoms. The van der Waals surface area contributed by atoms with Crippen LogP contribution in [0.15, 0.2) is 40.9 Å². The summed E-state index contributed by atoms with van der Waals surface area (Å²) in [6.07, 6.45) is 0.604. The molecule has 1 atom stereocenters. The summed E-state index contributed by atoms with van der Waals surface area (Å²) < 4.78 is 25.8. The van der Waals surface area contributed by atoms with E-state index in [9.17, 15) is 4.39 Å². The first-order valence-electron chi connectivity index (χ1n) is 6.58. The zero-order chi connectivity index (χ0) is 14.8. The minimum atomic E-state index is -0.228. The van der Waals surface area contributed by atoms with Gasteiger partial charge in [-0.2, -0.15) is 0 Å². The maximum atomic E-state index is 13.2. The van der Waals surface area contributed by atoms with Crippen molar-refractivity contribution in [3.05, 3.63) is 57.8 Å². The van der Waals surface area contributed by atoms with Gasteiger partial charge in [-0.05, 0) is 42.0 Å². The van der Waals surface area contributed by atoms with Gasteiger partial charge in [0.05, 0.1) is 0 Å². The summed E-state index contributed by atoms with van der Waals surface area (Å²) in [5.74, 6) is 1.33. The number of hydrogen-bond donors (Lipinski definition) is 0. The van der Waals surface area contributed by atoms with Crippen LogP contribution in [0.3, 0.4) is 0 Å². The fraction of sp³-hybridized carbons (Fsp3) is 0.250. The quantitative estimate of drug-likeness (QED) is 0.663. The van der Waals surface area contributed by atoms with Crippen molar-refractivity contribution in [2.45, 2.75) is 17.9 Å². The van der Waals surface area contributed by atoms with Crippen LogP contribution in [-0.4, -0.2) is 12.7 Å². The first-order valence-corrected chi connectivity index (χ1v) is 8.49. The Bertz CT molecular complexity index is 661. The molecule has 0 fully saturated rings. The largest absolute Gasteiger partial charge is 0.490 e. The van der Waals surface area contributed by atoms with E-state index in [1.807, 2.05) is 18.2 Å². The third-order valence-electron chi connectivity index (χ3n) is 3.36. The Labute approximate surface area is 139 Å². The van der Waals surface area contributed by atoms with E-state index in [-0.39, 0.29) is 11.9 Å². The molecular weight excluding hydrogens is 403 g/mol. The van der Waals surface area contributed by atoms with Gasteiger partial charge in [0, 0.05) is 21.8 Å². The number of alkyl halides is 1. The Morgan fingerprint density at radius 3 is 2.90 bits per heavy atom. The Morgan fingerprint density at radius 2 is 2.10 bits per heavy atom. The number of ether oxygens (including phenoxy) is 2. The lowest BCUT2D eigenvalue weighted by atomic mass is 10.1. The van der Waals surface area contributed by atoms with Gasteiger partial charge in [0.1, 0.15) is 30.0 Å². The monoisotopic (exact) mass is 414 g/mol. The van der Waals surface area contributed by atoms with Crippen LogP contribution in [0.1, 0.15) is 11.1 Å². The fourth-order valence-electron chi connectivity index (χ4n) is 2.31. The number of rotatable bonds is 4. The second-order valence-corrected chi connectivity index (χ2v) is 6.31. The van der Waals surface area contributed by atoms with Gasteiger partial charge in [-0.1, -0.05) is 31.9 Å². The van der Waals surface area contributed by atoms with Crippen LogP contribution < -0.4 is 9.47 Å². The molecule has 1 unspecified atom stereocenters. The third-order valence-corrected chi connectivity index (χ3v) is 4.74. The molecule has 0 radical (unpaired) electrons. The lowest BCUT2D eigenvalue weighted by molar-refractivity contribution is 0.148. The molecule has 1 aliphatic rings. The van der Waals surface area contributed by atoms with Gasteiger partial charge in [0.15, 0.2) is 0 Å². The molecule has 0 aromatic heterocycles. The van der Waals surface area contributed by atoms with E-state index in [0.29, 0.717) is 13.0 Å². The summed E-state index contributed by atoms with van der Waals surface area (Å²) in [5.41, 5.74) is 2.03. The minimum absolute atomic E-state index is 0.0714. The number of benzene rings is 2. The predicted octanol–water partition coefficient (Wildman–Crippen LogP) is 4.87. The van der Waals surface area contributed by atoms with Crippen molar-refractivity contribution in [3.8, 4) is 11.5 Å². The number of fused-ring (bicyclic) bond motifs is 1. The second kappa shape index (κ2) is 6.36. The standard InChI is InChI=1S/C16H13Br2FO2/c17-8-11-7-13(2-3-15(11)18)20-9-14-6-10-5-12(19)1-4-16(10)21-14/h1-5,7,14H,6,8-9H2. The highest BCUT2D eigenvalue weighted by Gasteiger charge is 2.23. The van der Waals surface area contributed by atoms with Crippen LogP contribution in [-0.2, 0) is 11.8 Å². The van der Waals surface area contributed by atoms with Crippen molar-refractivity contribution in [1.82, 2.24) is 0 Å². The average Bonchev–Trinajstić information content (AvgIpc) is 2.88. The molecule has 2 nitrogen and oxygen atoms in total. The summed E-state index contributed by atoms with van der Waals surface area (Å²) in [4.78, 5) is 0. The molecule has 5 heteroatoms. The van der Waals surface area contributed by atoms with E-state index in [0.717, 1.165) is 32.4 Å².